The van der Waals surface area contributed by atoms with E-state index in [1.54, 1.807) is 6.20 Å². The molecule has 0 spiro atoms. The zero-order valence-corrected chi connectivity index (χ0v) is 8.44. The summed E-state index contributed by atoms with van der Waals surface area (Å²) in [6, 6.07) is 5.84. The lowest BCUT2D eigenvalue weighted by molar-refractivity contribution is -0.130. The van der Waals surface area contributed by atoms with Gasteiger partial charge in [-0.15, -0.1) is 0 Å². The van der Waals surface area contributed by atoms with E-state index in [1.165, 1.54) is 0 Å². The van der Waals surface area contributed by atoms with Gasteiger partial charge in [-0.1, -0.05) is 12.0 Å². The van der Waals surface area contributed by atoms with Gasteiger partial charge < -0.3 is 5.11 Å². The first-order chi connectivity index (χ1) is 7.29. The molecule has 1 aromatic rings. The molecule has 1 heterocycles. The van der Waals surface area contributed by atoms with E-state index < -0.39 is 5.97 Å². The van der Waals surface area contributed by atoms with Crippen LogP contribution < -0.4 is 0 Å². The molecule has 0 aliphatic rings. The molecule has 0 radical (unpaired) electrons. The smallest absolute Gasteiger partial charge is 0.381 e. The first kappa shape index (κ1) is 11.3. The van der Waals surface area contributed by atoms with Crippen LogP contribution in [0.2, 0.25) is 0 Å². The molecule has 0 bridgehead atoms. The highest BCUT2D eigenvalue weighted by atomic mass is 16.4. The fraction of sp³-hybridized carbons (Fsp3) is 0.333. The third-order valence-electron chi connectivity index (χ3n) is 1.91. The fourth-order valence-electron chi connectivity index (χ4n) is 1.20. The monoisotopic (exact) mass is 203 g/mol. The minimum absolute atomic E-state index is 0.638. The second-order valence-electron chi connectivity index (χ2n) is 3.14. The average Bonchev–Trinajstić information content (AvgIpc) is 2.24. The van der Waals surface area contributed by atoms with Crippen LogP contribution in [0, 0.1) is 11.8 Å². The van der Waals surface area contributed by atoms with Crippen molar-refractivity contribution in [3.05, 3.63) is 30.1 Å². The molecule has 1 N–H and O–H groups in total. The van der Waals surface area contributed by atoms with Crippen LogP contribution in [0.25, 0.3) is 0 Å². The molecule has 1 aromatic heterocycles. The third-order valence-corrected chi connectivity index (χ3v) is 1.91. The third kappa shape index (κ3) is 5.48. The van der Waals surface area contributed by atoms with Crippen molar-refractivity contribution in [3.8, 4) is 11.8 Å². The minimum Gasteiger partial charge on any atom is -0.472 e. The Balaban J connectivity index is 2.13. The molecule has 3 nitrogen and oxygen atoms in total. The van der Waals surface area contributed by atoms with E-state index in [0.29, 0.717) is 6.42 Å². The molecule has 78 valence electrons. The van der Waals surface area contributed by atoms with Crippen molar-refractivity contribution in [3.63, 3.8) is 0 Å². The summed E-state index contributed by atoms with van der Waals surface area (Å²) in [5.41, 5.74) is 1.07. The van der Waals surface area contributed by atoms with E-state index in [-0.39, 0.29) is 0 Å². The molecule has 15 heavy (non-hydrogen) atoms. The number of nitrogens with zero attached hydrogens (tertiary/aromatic N) is 1. The second kappa shape index (κ2) is 6.61. The summed E-state index contributed by atoms with van der Waals surface area (Å²) in [7, 11) is 0. The lowest BCUT2D eigenvalue weighted by Crippen LogP contribution is -1.89. The second-order valence-corrected chi connectivity index (χ2v) is 3.14. The average molecular weight is 203 g/mol. The number of rotatable bonds is 4. The number of pyridine rings is 1. The number of carboxylic acids is 1. The minimum atomic E-state index is -1.06. The fourth-order valence-corrected chi connectivity index (χ4v) is 1.20. The first-order valence-corrected chi connectivity index (χ1v) is 4.91. The quantitative estimate of drug-likeness (QED) is 0.600. The van der Waals surface area contributed by atoms with E-state index in [1.807, 2.05) is 18.2 Å². The van der Waals surface area contributed by atoms with Crippen LogP contribution >= 0.6 is 0 Å². The summed E-state index contributed by atoms with van der Waals surface area (Å²) in [5, 5.41) is 8.26. The summed E-state index contributed by atoms with van der Waals surface area (Å²) >= 11 is 0. The lowest BCUT2D eigenvalue weighted by atomic mass is 10.1. The van der Waals surface area contributed by atoms with Gasteiger partial charge in [0.1, 0.15) is 0 Å². The standard InChI is InChI=1S/C12H13NO2/c14-12(15)9-4-2-1-3-7-11-8-5-6-10-13-11/h5-6,8,10H,1-3,7H2,(H,14,15). The molecule has 0 unspecified atom stereocenters. The number of unbranched alkanes of at least 4 members (excludes halogenated alkanes) is 2. The maximum absolute atomic E-state index is 10.1. The van der Waals surface area contributed by atoms with E-state index >= 15 is 0 Å². The molecule has 0 fully saturated rings. The van der Waals surface area contributed by atoms with Crippen LogP contribution in [0.3, 0.4) is 0 Å². The highest BCUT2D eigenvalue weighted by Crippen LogP contribution is 2.02. The van der Waals surface area contributed by atoms with Gasteiger partial charge in [-0.3, -0.25) is 4.98 Å². The van der Waals surface area contributed by atoms with Gasteiger partial charge in [0.25, 0.3) is 0 Å². The maximum Gasteiger partial charge on any atom is 0.381 e. The number of carboxylic acid groups (broad SMARTS) is 1. The number of hydrogen-bond donors (Lipinski definition) is 1. The summed E-state index contributed by atoms with van der Waals surface area (Å²) in [6.07, 6.45) is 5.25. The molecule has 0 aromatic carbocycles. The van der Waals surface area contributed by atoms with Crippen LogP contribution in [0.15, 0.2) is 24.4 Å². The topological polar surface area (TPSA) is 50.2 Å². The largest absolute Gasteiger partial charge is 0.472 e. The summed E-state index contributed by atoms with van der Waals surface area (Å²) < 4.78 is 0. The van der Waals surface area contributed by atoms with Crippen molar-refractivity contribution in [1.29, 1.82) is 0 Å². The van der Waals surface area contributed by atoms with Crippen LogP contribution in [0.5, 0.6) is 0 Å². The lowest BCUT2D eigenvalue weighted by Gasteiger charge is -1.97. The molecule has 1 rings (SSSR count). The van der Waals surface area contributed by atoms with Gasteiger partial charge >= 0.3 is 5.97 Å². The molecule has 0 aliphatic carbocycles. The number of carbonyl (C=O) groups is 1. The Morgan fingerprint density at radius 2 is 2.27 bits per heavy atom. The molecule has 0 saturated carbocycles. The Morgan fingerprint density at radius 3 is 2.93 bits per heavy atom. The summed E-state index contributed by atoms with van der Waals surface area (Å²) in [5.74, 6) is 3.64. The number of hydrogen-bond acceptors (Lipinski definition) is 2. The van der Waals surface area contributed by atoms with Gasteiger partial charge in [0.05, 0.1) is 0 Å². The van der Waals surface area contributed by atoms with E-state index in [9.17, 15) is 4.79 Å². The maximum atomic E-state index is 10.1. The van der Waals surface area contributed by atoms with Gasteiger partial charge in [-0.05, 0) is 31.4 Å². The molecule has 0 amide bonds. The van der Waals surface area contributed by atoms with Crippen molar-refractivity contribution < 1.29 is 9.90 Å². The van der Waals surface area contributed by atoms with Crippen molar-refractivity contribution in [2.24, 2.45) is 0 Å². The molecule has 0 aliphatic heterocycles. The highest BCUT2D eigenvalue weighted by molar-refractivity contribution is 5.86. The number of aliphatic carboxylic acids is 1. The summed E-state index contributed by atoms with van der Waals surface area (Å²) in [4.78, 5) is 14.3. The van der Waals surface area contributed by atoms with Gasteiger partial charge in [-0.25, -0.2) is 4.79 Å². The van der Waals surface area contributed by atoms with Gasteiger partial charge in [0.15, 0.2) is 0 Å². The predicted octanol–water partition coefficient (Wildman–Crippen LogP) is 1.88. The SMILES string of the molecule is O=C(O)C#CCCCCc1ccccn1. The molecular weight excluding hydrogens is 190 g/mol. The Bertz CT molecular complexity index is 362. The Morgan fingerprint density at radius 1 is 1.40 bits per heavy atom. The zero-order chi connectivity index (χ0) is 10.9. The Hall–Kier alpha value is -1.82. The van der Waals surface area contributed by atoms with Crippen molar-refractivity contribution >= 4 is 5.97 Å². The van der Waals surface area contributed by atoms with E-state index in [4.69, 9.17) is 5.11 Å². The zero-order valence-electron chi connectivity index (χ0n) is 8.44. The highest BCUT2D eigenvalue weighted by Gasteiger charge is 1.92. The molecule has 0 atom stereocenters. The van der Waals surface area contributed by atoms with Gasteiger partial charge in [-0.2, -0.15) is 0 Å². The van der Waals surface area contributed by atoms with Crippen LogP contribution in [0.4, 0.5) is 0 Å². The van der Waals surface area contributed by atoms with Crippen molar-refractivity contribution in [2.75, 3.05) is 0 Å². The van der Waals surface area contributed by atoms with Gasteiger partial charge in [0.2, 0.25) is 0 Å². The van der Waals surface area contributed by atoms with Crippen molar-refractivity contribution in [2.45, 2.75) is 25.7 Å². The summed E-state index contributed by atoms with van der Waals surface area (Å²) in [6.45, 7) is 0. The normalized spacial score (nSPS) is 9.07. The number of aryl methyl sites for hydroxylation is 1. The Labute approximate surface area is 89.2 Å². The van der Waals surface area contributed by atoms with E-state index in [2.05, 4.69) is 16.8 Å². The first-order valence-electron chi connectivity index (χ1n) is 4.91. The van der Waals surface area contributed by atoms with Gasteiger partial charge in [0, 0.05) is 24.2 Å². The van der Waals surface area contributed by atoms with E-state index in [0.717, 1.165) is 25.0 Å². The molecule has 3 heteroatoms. The number of aromatic nitrogens is 1. The predicted molar refractivity (Wildman–Crippen MR) is 57.2 cm³/mol. The van der Waals surface area contributed by atoms with Crippen molar-refractivity contribution in [1.82, 2.24) is 4.98 Å². The Kier molecular flexibility index (Phi) is 4.96. The van der Waals surface area contributed by atoms with Crippen LogP contribution in [-0.4, -0.2) is 16.1 Å². The van der Waals surface area contributed by atoms with Crippen LogP contribution in [0.1, 0.15) is 25.0 Å². The molecule has 0 saturated heterocycles. The molecular formula is C12H13NO2. The van der Waals surface area contributed by atoms with Crippen LogP contribution in [-0.2, 0) is 11.2 Å².